The average molecular weight is 330 g/mol. The fourth-order valence-corrected chi connectivity index (χ4v) is 2.74. The Morgan fingerprint density at radius 1 is 1.29 bits per heavy atom. The van der Waals surface area contributed by atoms with Gasteiger partial charge in [0.25, 0.3) is 0 Å². The monoisotopic (exact) mass is 330 g/mol. The van der Waals surface area contributed by atoms with E-state index in [-0.39, 0.29) is 18.4 Å². The highest BCUT2D eigenvalue weighted by Crippen LogP contribution is 2.24. The van der Waals surface area contributed by atoms with Crippen LogP contribution in [-0.2, 0) is 22.5 Å². The summed E-state index contributed by atoms with van der Waals surface area (Å²) >= 11 is 0. The minimum atomic E-state index is -0.0795. The summed E-state index contributed by atoms with van der Waals surface area (Å²) in [6.45, 7) is 4.81. The molecule has 7 nitrogen and oxygen atoms in total. The molecule has 1 aliphatic heterocycles. The van der Waals surface area contributed by atoms with Crippen molar-refractivity contribution in [2.24, 2.45) is 0 Å². The number of nitrogens with one attached hydrogen (secondary N) is 1. The van der Waals surface area contributed by atoms with E-state index in [1.807, 2.05) is 13.8 Å². The topological polar surface area (TPSA) is 90.1 Å². The van der Waals surface area contributed by atoms with E-state index in [0.29, 0.717) is 12.3 Å². The Kier molecular flexibility index (Phi) is 5.20. The summed E-state index contributed by atoms with van der Waals surface area (Å²) in [6, 6.07) is 0. The number of rotatable bonds is 5. The molecule has 1 amide bonds. The van der Waals surface area contributed by atoms with Crippen molar-refractivity contribution in [3.05, 3.63) is 40.8 Å². The lowest BCUT2D eigenvalue weighted by Gasteiger charge is -2.21. The number of aromatic nitrogens is 3. The van der Waals surface area contributed by atoms with Crippen molar-refractivity contribution < 1.29 is 14.1 Å². The first-order valence-electron chi connectivity index (χ1n) is 8.24. The van der Waals surface area contributed by atoms with Gasteiger partial charge in [-0.1, -0.05) is 5.16 Å². The van der Waals surface area contributed by atoms with Gasteiger partial charge in [-0.3, -0.25) is 4.79 Å². The SMILES string of the molecule is Cc1noc(C)c1CC(=O)NCc1cnc(C2CCCCO2)nc1. The van der Waals surface area contributed by atoms with E-state index in [4.69, 9.17) is 9.26 Å². The van der Waals surface area contributed by atoms with Crippen molar-refractivity contribution in [1.82, 2.24) is 20.4 Å². The molecule has 2 aromatic heterocycles. The van der Waals surface area contributed by atoms with Gasteiger partial charge in [0.15, 0.2) is 5.82 Å². The second kappa shape index (κ2) is 7.53. The van der Waals surface area contributed by atoms with E-state index in [1.165, 1.54) is 0 Å². The van der Waals surface area contributed by atoms with Crippen LogP contribution >= 0.6 is 0 Å². The van der Waals surface area contributed by atoms with E-state index < -0.39 is 0 Å². The molecule has 0 bridgehead atoms. The Labute approximate surface area is 140 Å². The van der Waals surface area contributed by atoms with Gasteiger partial charge >= 0.3 is 0 Å². The number of carbonyl (C=O) groups excluding carboxylic acids is 1. The van der Waals surface area contributed by atoms with E-state index in [2.05, 4.69) is 20.4 Å². The van der Waals surface area contributed by atoms with Gasteiger partial charge in [0, 0.05) is 36.7 Å². The number of hydrogen-bond donors (Lipinski definition) is 1. The Morgan fingerprint density at radius 2 is 2.08 bits per heavy atom. The van der Waals surface area contributed by atoms with Crippen LogP contribution in [0, 0.1) is 13.8 Å². The molecule has 1 N–H and O–H groups in total. The third-order valence-electron chi connectivity index (χ3n) is 4.20. The highest BCUT2D eigenvalue weighted by atomic mass is 16.5. The van der Waals surface area contributed by atoms with Crippen LogP contribution in [0.25, 0.3) is 0 Å². The first-order chi connectivity index (χ1) is 11.6. The fourth-order valence-electron chi connectivity index (χ4n) is 2.74. The van der Waals surface area contributed by atoms with Gasteiger partial charge in [-0.05, 0) is 33.1 Å². The van der Waals surface area contributed by atoms with Crippen LogP contribution in [0.1, 0.15) is 53.8 Å². The second-order valence-corrected chi connectivity index (χ2v) is 6.06. The van der Waals surface area contributed by atoms with Crippen LogP contribution in [0.5, 0.6) is 0 Å². The van der Waals surface area contributed by atoms with Crippen molar-refractivity contribution in [2.75, 3.05) is 6.61 Å². The van der Waals surface area contributed by atoms with Crippen molar-refractivity contribution in [2.45, 2.75) is 52.2 Å². The molecule has 1 unspecified atom stereocenters. The van der Waals surface area contributed by atoms with Crippen LogP contribution in [0.15, 0.2) is 16.9 Å². The number of aryl methyl sites for hydroxylation is 2. The van der Waals surface area contributed by atoms with E-state index in [9.17, 15) is 4.79 Å². The van der Waals surface area contributed by atoms with Gasteiger partial charge < -0.3 is 14.6 Å². The molecule has 3 heterocycles. The quantitative estimate of drug-likeness (QED) is 0.903. The Balaban J connectivity index is 1.52. The third kappa shape index (κ3) is 3.97. The summed E-state index contributed by atoms with van der Waals surface area (Å²) in [5.41, 5.74) is 2.46. The largest absolute Gasteiger partial charge is 0.370 e. The lowest BCUT2D eigenvalue weighted by atomic mass is 10.1. The molecular weight excluding hydrogens is 308 g/mol. The average Bonchev–Trinajstić information content (AvgIpc) is 2.93. The summed E-state index contributed by atoms with van der Waals surface area (Å²) in [5, 5.41) is 6.73. The minimum Gasteiger partial charge on any atom is -0.370 e. The molecule has 24 heavy (non-hydrogen) atoms. The smallest absolute Gasteiger partial charge is 0.224 e. The maximum absolute atomic E-state index is 12.1. The maximum atomic E-state index is 12.1. The van der Waals surface area contributed by atoms with Crippen molar-refractivity contribution in [3.8, 4) is 0 Å². The molecule has 0 saturated carbocycles. The number of nitrogens with zero attached hydrogens (tertiary/aromatic N) is 3. The molecule has 0 aromatic carbocycles. The molecule has 1 atom stereocenters. The zero-order valence-corrected chi connectivity index (χ0v) is 14.0. The zero-order chi connectivity index (χ0) is 16.9. The van der Waals surface area contributed by atoms with Crippen LogP contribution in [0.4, 0.5) is 0 Å². The molecule has 1 aliphatic rings. The lowest BCUT2D eigenvalue weighted by Crippen LogP contribution is -2.25. The normalized spacial score (nSPS) is 17.7. The van der Waals surface area contributed by atoms with E-state index >= 15 is 0 Å². The molecule has 7 heteroatoms. The number of ether oxygens (including phenoxy) is 1. The standard InChI is InChI=1S/C17H22N4O3/c1-11-14(12(2)24-21-11)7-16(22)18-8-13-9-19-17(20-10-13)15-5-3-4-6-23-15/h9-10,15H,3-8H2,1-2H3,(H,18,22). The molecule has 3 rings (SSSR count). The van der Waals surface area contributed by atoms with Gasteiger partial charge in [0.1, 0.15) is 11.9 Å². The third-order valence-corrected chi connectivity index (χ3v) is 4.20. The number of amides is 1. The number of carbonyl (C=O) groups is 1. The van der Waals surface area contributed by atoms with Gasteiger partial charge in [-0.2, -0.15) is 0 Å². The Bertz CT molecular complexity index is 671. The molecule has 1 saturated heterocycles. The summed E-state index contributed by atoms with van der Waals surface area (Å²) in [5.74, 6) is 1.33. The zero-order valence-electron chi connectivity index (χ0n) is 14.0. The first kappa shape index (κ1) is 16.6. The molecule has 0 spiro atoms. The van der Waals surface area contributed by atoms with Gasteiger partial charge in [0.2, 0.25) is 5.91 Å². The summed E-state index contributed by atoms with van der Waals surface area (Å²) in [4.78, 5) is 20.8. The summed E-state index contributed by atoms with van der Waals surface area (Å²) in [6.07, 6.45) is 6.97. The number of hydrogen-bond acceptors (Lipinski definition) is 6. The molecule has 128 valence electrons. The maximum Gasteiger partial charge on any atom is 0.224 e. The van der Waals surface area contributed by atoms with Gasteiger partial charge in [-0.15, -0.1) is 0 Å². The minimum absolute atomic E-state index is 0.00179. The predicted octanol–water partition coefficient (Wildman–Crippen LogP) is 2.18. The molecule has 0 radical (unpaired) electrons. The van der Waals surface area contributed by atoms with Crippen molar-refractivity contribution in [3.63, 3.8) is 0 Å². The van der Waals surface area contributed by atoms with Crippen LogP contribution in [0.2, 0.25) is 0 Å². The highest BCUT2D eigenvalue weighted by Gasteiger charge is 2.18. The van der Waals surface area contributed by atoms with Gasteiger partial charge in [-0.25, -0.2) is 9.97 Å². The predicted molar refractivity (Wildman–Crippen MR) is 86.1 cm³/mol. The van der Waals surface area contributed by atoms with E-state index in [1.54, 1.807) is 12.4 Å². The Morgan fingerprint density at radius 3 is 2.71 bits per heavy atom. The fraction of sp³-hybridized carbons (Fsp3) is 0.529. The van der Waals surface area contributed by atoms with E-state index in [0.717, 1.165) is 48.5 Å². The lowest BCUT2D eigenvalue weighted by molar-refractivity contribution is -0.120. The summed E-state index contributed by atoms with van der Waals surface area (Å²) < 4.78 is 10.7. The molecule has 2 aromatic rings. The first-order valence-corrected chi connectivity index (χ1v) is 8.24. The highest BCUT2D eigenvalue weighted by molar-refractivity contribution is 5.78. The second-order valence-electron chi connectivity index (χ2n) is 6.06. The van der Waals surface area contributed by atoms with Crippen LogP contribution in [0.3, 0.4) is 0 Å². The Hall–Kier alpha value is -2.28. The summed E-state index contributed by atoms with van der Waals surface area (Å²) in [7, 11) is 0. The molecule has 1 fully saturated rings. The molecular formula is C17H22N4O3. The van der Waals surface area contributed by atoms with Crippen LogP contribution < -0.4 is 5.32 Å². The van der Waals surface area contributed by atoms with Crippen LogP contribution in [-0.4, -0.2) is 27.6 Å². The molecule has 0 aliphatic carbocycles. The van der Waals surface area contributed by atoms with Crippen molar-refractivity contribution in [1.29, 1.82) is 0 Å². The van der Waals surface area contributed by atoms with Gasteiger partial charge in [0.05, 0.1) is 12.1 Å². The van der Waals surface area contributed by atoms with Crippen molar-refractivity contribution >= 4 is 5.91 Å².